The summed E-state index contributed by atoms with van der Waals surface area (Å²) in [6.45, 7) is 2.50. The highest BCUT2D eigenvalue weighted by Gasteiger charge is 2.06. The van der Waals surface area contributed by atoms with Crippen LogP contribution in [0.15, 0.2) is 21.8 Å². The first-order valence-electron chi connectivity index (χ1n) is 5.20. The molecule has 0 radical (unpaired) electrons. The predicted molar refractivity (Wildman–Crippen MR) is 54.3 cm³/mol. The molecule has 16 heavy (non-hydrogen) atoms. The Morgan fingerprint density at radius 1 is 0.875 bits per heavy atom. The number of piperidine rings is 1. The Bertz CT molecular complexity index is 325. The van der Waals surface area contributed by atoms with Gasteiger partial charge in [0.05, 0.1) is 0 Å². The van der Waals surface area contributed by atoms with Crippen molar-refractivity contribution in [3.05, 3.63) is 12.8 Å². The third-order valence-corrected chi connectivity index (χ3v) is 2.13. The lowest BCUT2D eigenvalue weighted by molar-refractivity contribution is 0.411. The zero-order chi connectivity index (χ0) is 11.1. The largest absolute Gasteiger partial charge is 0.342 e. The van der Waals surface area contributed by atoms with Gasteiger partial charge in [0.2, 0.25) is 24.4 Å². The second-order valence-corrected chi connectivity index (χ2v) is 3.32. The van der Waals surface area contributed by atoms with Crippen LogP contribution in [-0.4, -0.2) is 33.4 Å². The average molecular weight is 223 g/mol. The summed E-state index contributed by atoms with van der Waals surface area (Å²) in [5.74, 6) is 0.655. The molecule has 86 valence electrons. The topological polar surface area (TPSA) is 89.9 Å². The molecule has 7 heteroatoms. The van der Waals surface area contributed by atoms with Crippen LogP contribution < -0.4 is 5.32 Å². The van der Waals surface area contributed by atoms with Crippen LogP contribution in [-0.2, 0) is 0 Å². The molecule has 0 aliphatic carbocycles. The standard InChI is InChI=1S/C5H11N.C4H2N4O2/c1-2-4-6-5-3-1;1-5-3(7-9-1)4-6-2-10-8-4/h6H,1-5H2;1-2H. The molecule has 1 aliphatic heterocycles. The van der Waals surface area contributed by atoms with E-state index >= 15 is 0 Å². The molecular weight excluding hydrogens is 210 g/mol. The van der Waals surface area contributed by atoms with Gasteiger partial charge in [-0.15, -0.1) is 0 Å². The summed E-state index contributed by atoms with van der Waals surface area (Å²) in [7, 11) is 0. The molecule has 0 bridgehead atoms. The van der Waals surface area contributed by atoms with Crippen LogP contribution in [0.25, 0.3) is 11.6 Å². The highest BCUT2D eigenvalue weighted by Crippen LogP contribution is 2.04. The highest BCUT2D eigenvalue weighted by molar-refractivity contribution is 5.38. The molecule has 0 unspecified atom stereocenters. The normalized spacial score (nSPS) is 15.2. The number of nitrogens with one attached hydrogen (secondary N) is 1. The van der Waals surface area contributed by atoms with Gasteiger partial charge in [-0.3, -0.25) is 0 Å². The molecule has 3 rings (SSSR count). The molecule has 2 aromatic rings. The van der Waals surface area contributed by atoms with E-state index in [1.165, 1.54) is 45.1 Å². The first-order chi connectivity index (χ1) is 7.97. The van der Waals surface area contributed by atoms with Crippen molar-refractivity contribution in [2.75, 3.05) is 13.1 Å². The number of hydrogen-bond acceptors (Lipinski definition) is 7. The zero-order valence-corrected chi connectivity index (χ0v) is 8.80. The van der Waals surface area contributed by atoms with Crippen molar-refractivity contribution in [3.8, 4) is 11.6 Å². The van der Waals surface area contributed by atoms with E-state index in [2.05, 4.69) is 34.6 Å². The van der Waals surface area contributed by atoms with Gasteiger partial charge in [0.1, 0.15) is 0 Å². The van der Waals surface area contributed by atoms with E-state index in [0.29, 0.717) is 11.6 Å². The van der Waals surface area contributed by atoms with E-state index in [-0.39, 0.29) is 0 Å². The maximum absolute atomic E-state index is 4.46. The Balaban J connectivity index is 0.000000138. The first kappa shape index (κ1) is 10.7. The molecule has 1 aliphatic rings. The van der Waals surface area contributed by atoms with Gasteiger partial charge in [0, 0.05) is 0 Å². The van der Waals surface area contributed by atoms with Gasteiger partial charge in [0.15, 0.2) is 0 Å². The second-order valence-electron chi connectivity index (χ2n) is 3.32. The van der Waals surface area contributed by atoms with Crippen molar-refractivity contribution in [1.82, 2.24) is 25.6 Å². The van der Waals surface area contributed by atoms with Crippen LogP contribution in [0, 0.1) is 0 Å². The molecule has 2 aromatic heterocycles. The number of aromatic nitrogens is 4. The summed E-state index contributed by atoms with van der Waals surface area (Å²) >= 11 is 0. The summed E-state index contributed by atoms with van der Waals surface area (Å²) in [5, 5.41) is 10.3. The second kappa shape index (κ2) is 5.96. The monoisotopic (exact) mass is 223 g/mol. The minimum atomic E-state index is 0.328. The predicted octanol–water partition coefficient (Wildman–Crippen LogP) is 0.879. The average Bonchev–Trinajstić information content (AvgIpc) is 3.05. The van der Waals surface area contributed by atoms with E-state index < -0.39 is 0 Å². The molecule has 0 amide bonds. The van der Waals surface area contributed by atoms with Crippen LogP contribution in [0.1, 0.15) is 19.3 Å². The number of hydrogen-bond donors (Lipinski definition) is 1. The number of rotatable bonds is 1. The van der Waals surface area contributed by atoms with Crippen LogP contribution in [0.2, 0.25) is 0 Å². The van der Waals surface area contributed by atoms with Crippen molar-refractivity contribution in [2.24, 2.45) is 0 Å². The van der Waals surface area contributed by atoms with E-state index in [0.717, 1.165) is 0 Å². The van der Waals surface area contributed by atoms with Crippen molar-refractivity contribution in [1.29, 1.82) is 0 Å². The summed E-state index contributed by atoms with van der Waals surface area (Å²) in [6.07, 6.45) is 6.62. The maximum atomic E-state index is 4.46. The lowest BCUT2D eigenvalue weighted by Crippen LogP contribution is -2.21. The van der Waals surface area contributed by atoms with Crippen molar-refractivity contribution >= 4 is 0 Å². The molecule has 1 saturated heterocycles. The van der Waals surface area contributed by atoms with Crippen molar-refractivity contribution in [3.63, 3.8) is 0 Å². The fraction of sp³-hybridized carbons (Fsp3) is 0.556. The Morgan fingerprint density at radius 2 is 1.44 bits per heavy atom. The lowest BCUT2D eigenvalue weighted by atomic mass is 10.2. The van der Waals surface area contributed by atoms with Gasteiger partial charge >= 0.3 is 0 Å². The Hall–Kier alpha value is -1.76. The molecule has 0 aromatic carbocycles. The fourth-order valence-electron chi connectivity index (χ4n) is 1.34. The van der Waals surface area contributed by atoms with E-state index in [1.54, 1.807) is 0 Å². The third-order valence-electron chi connectivity index (χ3n) is 2.13. The van der Waals surface area contributed by atoms with Gasteiger partial charge in [-0.25, -0.2) is 0 Å². The van der Waals surface area contributed by atoms with Gasteiger partial charge in [-0.05, 0) is 25.9 Å². The minimum absolute atomic E-state index is 0.328. The summed E-state index contributed by atoms with van der Waals surface area (Å²) in [6, 6.07) is 0. The van der Waals surface area contributed by atoms with E-state index in [1.807, 2.05) is 0 Å². The summed E-state index contributed by atoms with van der Waals surface area (Å²) in [4.78, 5) is 7.39. The van der Waals surface area contributed by atoms with Crippen molar-refractivity contribution in [2.45, 2.75) is 19.3 Å². The van der Waals surface area contributed by atoms with Crippen LogP contribution in [0.4, 0.5) is 0 Å². The smallest absolute Gasteiger partial charge is 0.243 e. The maximum Gasteiger partial charge on any atom is 0.243 e. The first-order valence-corrected chi connectivity index (χ1v) is 5.20. The van der Waals surface area contributed by atoms with Gasteiger partial charge < -0.3 is 14.4 Å². The third kappa shape index (κ3) is 3.13. The molecular formula is C9H13N5O2. The van der Waals surface area contributed by atoms with E-state index in [4.69, 9.17) is 0 Å². The SMILES string of the molecule is C1CCNCC1.c1nc(-c2ncon2)no1. The van der Waals surface area contributed by atoms with Crippen LogP contribution in [0.3, 0.4) is 0 Å². The summed E-state index contributed by atoms with van der Waals surface area (Å²) < 4.78 is 8.91. The van der Waals surface area contributed by atoms with Crippen LogP contribution >= 0.6 is 0 Å². The lowest BCUT2D eigenvalue weighted by Gasteiger charge is -2.08. The van der Waals surface area contributed by atoms with Gasteiger partial charge in [-0.1, -0.05) is 16.7 Å². The number of nitrogens with zero attached hydrogens (tertiary/aromatic N) is 4. The van der Waals surface area contributed by atoms with Gasteiger partial charge in [-0.2, -0.15) is 9.97 Å². The molecule has 0 spiro atoms. The Kier molecular flexibility index (Phi) is 4.00. The van der Waals surface area contributed by atoms with Crippen molar-refractivity contribution < 1.29 is 9.05 Å². The van der Waals surface area contributed by atoms with Crippen LogP contribution in [0.5, 0.6) is 0 Å². The van der Waals surface area contributed by atoms with E-state index in [9.17, 15) is 0 Å². The van der Waals surface area contributed by atoms with Gasteiger partial charge in [0.25, 0.3) is 0 Å². The Labute approximate surface area is 92.2 Å². The molecule has 7 nitrogen and oxygen atoms in total. The molecule has 0 saturated carbocycles. The Morgan fingerprint density at radius 3 is 1.69 bits per heavy atom. The molecule has 0 atom stereocenters. The fourth-order valence-corrected chi connectivity index (χ4v) is 1.34. The quantitative estimate of drug-likeness (QED) is 0.767. The minimum Gasteiger partial charge on any atom is -0.342 e. The molecule has 1 fully saturated rings. The molecule has 1 N–H and O–H groups in total. The zero-order valence-electron chi connectivity index (χ0n) is 8.80. The summed E-state index contributed by atoms with van der Waals surface area (Å²) in [5.41, 5.74) is 0. The highest BCUT2D eigenvalue weighted by atomic mass is 16.5. The molecule has 3 heterocycles.